The van der Waals surface area contributed by atoms with Crippen molar-refractivity contribution in [2.75, 3.05) is 13.1 Å². The molecule has 3 heterocycles. The summed E-state index contributed by atoms with van der Waals surface area (Å²) in [4.78, 5) is 31.0. The lowest BCUT2D eigenvalue weighted by Crippen LogP contribution is -2.50. The highest BCUT2D eigenvalue weighted by molar-refractivity contribution is 5.83. The first-order valence-electron chi connectivity index (χ1n) is 10.6. The second kappa shape index (κ2) is 9.30. The molecule has 166 valence electrons. The van der Waals surface area contributed by atoms with E-state index in [0.717, 1.165) is 11.1 Å². The Morgan fingerprint density at radius 2 is 1.94 bits per heavy atom. The molecule has 0 unspecified atom stereocenters. The molecule has 3 aromatic rings. The predicted octanol–water partition coefficient (Wildman–Crippen LogP) is 3.36. The number of nitrogens with zero attached hydrogens (tertiary/aromatic N) is 3. The summed E-state index contributed by atoms with van der Waals surface area (Å²) in [6, 6.07) is 11.5. The molecule has 1 aromatic carbocycles. The average Bonchev–Trinajstić information content (AvgIpc) is 3.27. The van der Waals surface area contributed by atoms with E-state index < -0.39 is 5.41 Å². The van der Waals surface area contributed by atoms with Crippen molar-refractivity contribution in [2.24, 2.45) is 5.41 Å². The highest BCUT2D eigenvalue weighted by Crippen LogP contribution is 2.36. The molecule has 32 heavy (non-hydrogen) atoms. The summed E-state index contributed by atoms with van der Waals surface area (Å²) < 4.78 is 18.8. The Morgan fingerprint density at radius 3 is 2.59 bits per heavy atom. The van der Waals surface area contributed by atoms with E-state index in [1.807, 2.05) is 12.1 Å². The van der Waals surface area contributed by atoms with Crippen LogP contribution in [-0.4, -0.2) is 39.9 Å². The smallest absolute Gasteiger partial charge is 0.227 e. The van der Waals surface area contributed by atoms with Crippen molar-refractivity contribution < 1.29 is 18.5 Å². The van der Waals surface area contributed by atoms with Crippen molar-refractivity contribution in [1.29, 1.82) is 0 Å². The van der Waals surface area contributed by atoms with Crippen LogP contribution in [0.4, 0.5) is 4.39 Å². The first kappa shape index (κ1) is 21.7. The van der Waals surface area contributed by atoms with Crippen LogP contribution in [0.15, 0.2) is 59.4 Å². The summed E-state index contributed by atoms with van der Waals surface area (Å²) in [5.41, 5.74) is 1.53. The molecule has 1 saturated heterocycles. The van der Waals surface area contributed by atoms with Gasteiger partial charge in [-0.2, -0.15) is 0 Å². The zero-order chi connectivity index (χ0) is 22.6. The second-order valence-corrected chi connectivity index (χ2v) is 8.19. The van der Waals surface area contributed by atoms with Crippen molar-refractivity contribution >= 4 is 11.8 Å². The Morgan fingerprint density at radius 1 is 1.19 bits per heavy atom. The Hall–Kier alpha value is -3.55. The number of hydrogen-bond donors (Lipinski definition) is 1. The zero-order valence-corrected chi connectivity index (χ0v) is 17.9. The summed E-state index contributed by atoms with van der Waals surface area (Å²) in [5, 5.41) is 7.14. The van der Waals surface area contributed by atoms with Gasteiger partial charge in [0.25, 0.3) is 0 Å². The first-order chi connectivity index (χ1) is 15.4. The number of halogens is 1. The minimum absolute atomic E-state index is 0.00706. The summed E-state index contributed by atoms with van der Waals surface area (Å²) >= 11 is 0. The molecule has 7 nitrogen and oxygen atoms in total. The molecule has 8 heteroatoms. The molecule has 0 aliphatic carbocycles. The van der Waals surface area contributed by atoms with Crippen LogP contribution in [0.2, 0.25) is 0 Å². The zero-order valence-electron chi connectivity index (χ0n) is 17.9. The van der Waals surface area contributed by atoms with Crippen LogP contribution in [0.5, 0.6) is 0 Å². The number of rotatable bonds is 6. The highest BCUT2D eigenvalue weighted by Gasteiger charge is 2.42. The second-order valence-electron chi connectivity index (χ2n) is 8.19. The molecule has 0 saturated carbocycles. The highest BCUT2D eigenvalue weighted by atomic mass is 19.1. The van der Waals surface area contributed by atoms with Crippen LogP contribution in [0.3, 0.4) is 0 Å². The van der Waals surface area contributed by atoms with E-state index in [0.29, 0.717) is 50.4 Å². The van der Waals surface area contributed by atoms with Gasteiger partial charge in [-0.05, 0) is 48.7 Å². The van der Waals surface area contributed by atoms with E-state index in [1.54, 1.807) is 42.4 Å². The maximum Gasteiger partial charge on any atom is 0.227 e. The molecule has 4 rings (SSSR count). The quantitative estimate of drug-likeness (QED) is 0.640. The summed E-state index contributed by atoms with van der Waals surface area (Å²) in [6.45, 7) is 2.94. The van der Waals surface area contributed by atoms with Crippen LogP contribution in [0.1, 0.15) is 31.1 Å². The van der Waals surface area contributed by atoms with Crippen molar-refractivity contribution in [2.45, 2.75) is 32.7 Å². The number of piperidine rings is 1. The van der Waals surface area contributed by atoms with Gasteiger partial charge >= 0.3 is 0 Å². The van der Waals surface area contributed by atoms with Gasteiger partial charge in [-0.15, -0.1) is 0 Å². The molecule has 1 fully saturated rings. The monoisotopic (exact) mass is 436 g/mol. The van der Waals surface area contributed by atoms with E-state index in [2.05, 4.69) is 15.5 Å². The van der Waals surface area contributed by atoms with Gasteiger partial charge in [-0.25, -0.2) is 4.39 Å². The number of nitrogens with one attached hydrogen (secondary N) is 1. The topological polar surface area (TPSA) is 88.3 Å². The van der Waals surface area contributed by atoms with Gasteiger partial charge in [0.05, 0.1) is 5.41 Å². The Balaban J connectivity index is 1.52. The van der Waals surface area contributed by atoms with E-state index >= 15 is 0 Å². The third-order valence-corrected chi connectivity index (χ3v) is 6.03. The van der Waals surface area contributed by atoms with E-state index in [-0.39, 0.29) is 17.6 Å². The van der Waals surface area contributed by atoms with Gasteiger partial charge < -0.3 is 14.7 Å². The number of aromatic nitrogens is 2. The van der Waals surface area contributed by atoms with Crippen LogP contribution in [-0.2, 0) is 22.6 Å². The third-order valence-electron chi connectivity index (χ3n) is 6.03. The average molecular weight is 436 g/mol. The molecule has 2 amide bonds. The summed E-state index contributed by atoms with van der Waals surface area (Å²) in [5.74, 6) is 0.188. The molecule has 1 aliphatic heterocycles. The minimum Gasteiger partial charge on any atom is -0.361 e. The fourth-order valence-electron chi connectivity index (χ4n) is 4.09. The maximum absolute atomic E-state index is 13.3. The molecule has 0 radical (unpaired) electrons. The standard InChI is InChI=1S/C24H25FN4O3/c1-17(30)29-11-8-24(9-12-29,23(31)27-16-18-3-2-10-26-15-18)14-21-13-22(28-32-21)19-4-6-20(25)7-5-19/h2-7,10,13,15H,8-9,11-12,14,16H2,1H3,(H,27,31). The Bertz CT molecular complexity index is 1070. The summed E-state index contributed by atoms with van der Waals surface area (Å²) in [7, 11) is 0. The van der Waals surface area contributed by atoms with E-state index in [9.17, 15) is 14.0 Å². The van der Waals surface area contributed by atoms with Gasteiger partial charge in [-0.1, -0.05) is 11.2 Å². The predicted molar refractivity (Wildman–Crippen MR) is 116 cm³/mol. The SMILES string of the molecule is CC(=O)N1CCC(Cc2cc(-c3ccc(F)cc3)no2)(C(=O)NCc2cccnc2)CC1. The number of carbonyl (C=O) groups excluding carboxylic acids is 2. The molecule has 1 N–H and O–H groups in total. The van der Waals surface area contributed by atoms with Crippen molar-refractivity contribution in [3.8, 4) is 11.3 Å². The van der Waals surface area contributed by atoms with E-state index in [4.69, 9.17) is 4.52 Å². The maximum atomic E-state index is 13.3. The fourth-order valence-corrected chi connectivity index (χ4v) is 4.09. The molecule has 1 aliphatic rings. The first-order valence-corrected chi connectivity index (χ1v) is 10.6. The molecule has 0 spiro atoms. The molecule has 0 bridgehead atoms. The lowest BCUT2D eigenvalue weighted by Gasteiger charge is -2.40. The fraction of sp³-hybridized carbons (Fsp3) is 0.333. The Labute approximate surface area is 185 Å². The molecule has 0 atom stereocenters. The Kier molecular flexibility index (Phi) is 6.30. The number of benzene rings is 1. The molecular weight excluding hydrogens is 411 g/mol. The number of likely N-dealkylation sites (tertiary alicyclic amines) is 1. The van der Waals surface area contributed by atoms with Crippen molar-refractivity contribution in [1.82, 2.24) is 20.4 Å². The normalized spacial score (nSPS) is 15.4. The van der Waals surface area contributed by atoms with Gasteiger partial charge in [0.15, 0.2) is 0 Å². The van der Waals surface area contributed by atoms with Gasteiger partial charge in [-0.3, -0.25) is 14.6 Å². The minimum atomic E-state index is -0.715. The lowest BCUT2D eigenvalue weighted by molar-refractivity contribution is -0.139. The molecular formula is C24H25FN4O3. The van der Waals surface area contributed by atoms with Gasteiger partial charge in [0.1, 0.15) is 17.3 Å². The van der Waals surface area contributed by atoms with E-state index in [1.165, 1.54) is 12.1 Å². The number of carbonyl (C=O) groups is 2. The van der Waals surface area contributed by atoms with Crippen LogP contribution >= 0.6 is 0 Å². The third kappa shape index (κ3) is 4.85. The van der Waals surface area contributed by atoms with Crippen molar-refractivity contribution in [3.63, 3.8) is 0 Å². The van der Waals surface area contributed by atoms with Crippen LogP contribution in [0, 0.1) is 11.2 Å². The lowest BCUT2D eigenvalue weighted by atomic mass is 9.74. The number of pyridine rings is 1. The van der Waals surface area contributed by atoms with Crippen molar-refractivity contribution in [3.05, 3.63) is 72.0 Å². The van der Waals surface area contributed by atoms with Crippen LogP contribution in [0.25, 0.3) is 11.3 Å². The molecule has 2 aromatic heterocycles. The van der Waals surface area contributed by atoms with Crippen LogP contribution < -0.4 is 5.32 Å². The number of hydrogen-bond acceptors (Lipinski definition) is 5. The summed E-state index contributed by atoms with van der Waals surface area (Å²) in [6.07, 6.45) is 4.82. The van der Waals surface area contributed by atoms with Gasteiger partial charge in [0.2, 0.25) is 11.8 Å². The number of amides is 2. The largest absolute Gasteiger partial charge is 0.361 e. The van der Waals surface area contributed by atoms with Gasteiger partial charge in [0, 0.05) is 57.0 Å².